The molecule has 5 heteroatoms. The van der Waals surface area contributed by atoms with Gasteiger partial charge in [-0.3, -0.25) is 14.1 Å². The highest BCUT2D eigenvalue weighted by Crippen LogP contribution is 2.24. The van der Waals surface area contributed by atoms with Crippen LogP contribution in [0.25, 0.3) is 0 Å². The molecule has 0 saturated carbocycles. The van der Waals surface area contributed by atoms with Gasteiger partial charge < -0.3 is 10.2 Å². The van der Waals surface area contributed by atoms with E-state index in [-0.39, 0.29) is 18.5 Å². The molecule has 0 unspecified atom stereocenters. The van der Waals surface area contributed by atoms with Crippen molar-refractivity contribution in [1.29, 1.82) is 0 Å². The van der Waals surface area contributed by atoms with E-state index < -0.39 is 0 Å². The second-order valence-electron chi connectivity index (χ2n) is 7.98. The molecule has 2 aliphatic rings. The summed E-state index contributed by atoms with van der Waals surface area (Å²) >= 11 is 0. The lowest BCUT2D eigenvalue weighted by Crippen LogP contribution is -2.51. The predicted molar refractivity (Wildman–Crippen MR) is 108 cm³/mol. The third-order valence-electron chi connectivity index (χ3n) is 6.06. The summed E-state index contributed by atoms with van der Waals surface area (Å²) in [4.78, 5) is 17.5. The Hall–Kier alpha value is -1.46. The standard InChI is InChI=1S/C22H34FN3O/c23-12-5-14-25-16-10-21(11-17-25)26-15-4-8-20(18-26)22(27)24-13-9-19-6-2-1-3-7-19/h1-3,6-7,20-21H,4-5,8-18H2,(H,24,27)/t20-/m1/s1. The lowest BCUT2D eigenvalue weighted by Gasteiger charge is -2.42. The quantitative estimate of drug-likeness (QED) is 0.759. The minimum absolute atomic E-state index is 0.124. The molecule has 2 saturated heterocycles. The Morgan fingerprint density at radius 3 is 2.63 bits per heavy atom. The number of amides is 1. The van der Waals surface area contributed by atoms with E-state index in [0.29, 0.717) is 19.0 Å². The Balaban J connectivity index is 1.39. The zero-order valence-corrected chi connectivity index (χ0v) is 16.4. The molecule has 1 amide bonds. The average Bonchev–Trinajstić information content (AvgIpc) is 2.73. The number of carbonyl (C=O) groups excluding carboxylic acids is 1. The van der Waals surface area contributed by atoms with E-state index in [1.54, 1.807) is 0 Å². The highest BCUT2D eigenvalue weighted by atomic mass is 19.1. The van der Waals surface area contributed by atoms with Gasteiger partial charge in [-0.2, -0.15) is 0 Å². The van der Waals surface area contributed by atoms with Crippen molar-refractivity contribution >= 4 is 5.91 Å². The first-order valence-electron chi connectivity index (χ1n) is 10.6. The molecule has 1 aromatic carbocycles. The summed E-state index contributed by atoms with van der Waals surface area (Å²) in [6.45, 7) is 5.52. The summed E-state index contributed by atoms with van der Waals surface area (Å²) in [7, 11) is 0. The summed E-state index contributed by atoms with van der Waals surface area (Å²) in [6.07, 6.45) is 5.95. The number of nitrogens with zero attached hydrogens (tertiary/aromatic N) is 2. The second kappa shape index (κ2) is 10.8. The van der Waals surface area contributed by atoms with Gasteiger partial charge in [-0.05, 0) is 63.7 Å². The first kappa shape index (κ1) is 20.3. The molecule has 0 aromatic heterocycles. The van der Waals surface area contributed by atoms with E-state index in [2.05, 4.69) is 27.2 Å². The van der Waals surface area contributed by atoms with Gasteiger partial charge in [0.2, 0.25) is 5.91 Å². The lowest BCUT2D eigenvalue weighted by atomic mass is 9.93. The van der Waals surface area contributed by atoms with Crippen LogP contribution in [-0.2, 0) is 11.2 Å². The molecule has 1 atom stereocenters. The molecule has 1 N–H and O–H groups in total. The first-order chi connectivity index (χ1) is 13.3. The Labute approximate surface area is 163 Å². The number of piperidine rings is 2. The summed E-state index contributed by atoms with van der Waals surface area (Å²) in [5, 5.41) is 3.15. The maximum Gasteiger partial charge on any atom is 0.224 e. The summed E-state index contributed by atoms with van der Waals surface area (Å²) < 4.78 is 12.3. The highest BCUT2D eigenvalue weighted by molar-refractivity contribution is 5.79. The molecule has 0 radical (unpaired) electrons. The number of benzene rings is 1. The zero-order chi connectivity index (χ0) is 18.9. The van der Waals surface area contributed by atoms with Gasteiger partial charge >= 0.3 is 0 Å². The van der Waals surface area contributed by atoms with Crippen LogP contribution in [0.2, 0.25) is 0 Å². The Morgan fingerprint density at radius 2 is 1.89 bits per heavy atom. The van der Waals surface area contributed by atoms with Crippen molar-refractivity contribution in [3.8, 4) is 0 Å². The van der Waals surface area contributed by atoms with Gasteiger partial charge in [-0.25, -0.2) is 0 Å². The Kier molecular flexibility index (Phi) is 8.09. The number of rotatable bonds is 8. The van der Waals surface area contributed by atoms with Crippen LogP contribution in [0.4, 0.5) is 4.39 Å². The summed E-state index contributed by atoms with van der Waals surface area (Å²) in [5.74, 6) is 0.343. The van der Waals surface area contributed by atoms with E-state index in [1.165, 1.54) is 5.56 Å². The van der Waals surface area contributed by atoms with Crippen LogP contribution in [-0.4, -0.2) is 67.7 Å². The molecular weight excluding hydrogens is 341 g/mol. The Morgan fingerprint density at radius 1 is 1.11 bits per heavy atom. The number of hydrogen-bond donors (Lipinski definition) is 1. The molecule has 4 nitrogen and oxygen atoms in total. The van der Waals surface area contributed by atoms with E-state index >= 15 is 0 Å². The number of carbonyl (C=O) groups is 1. The van der Waals surface area contributed by atoms with E-state index in [4.69, 9.17) is 0 Å². The second-order valence-corrected chi connectivity index (χ2v) is 7.98. The first-order valence-corrected chi connectivity index (χ1v) is 10.6. The minimum Gasteiger partial charge on any atom is -0.355 e. The molecule has 1 aromatic rings. The largest absolute Gasteiger partial charge is 0.355 e. The molecule has 3 rings (SSSR count). The maximum absolute atomic E-state index is 12.6. The number of alkyl halides is 1. The van der Waals surface area contributed by atoms with Crippen molar-refractivity contribution in [2.24, 2.45) is 5.92 Å². The zero-order valence-electron chi connectivity index (χ0n) is 16.4. The topological polar surface area (TPSA) is 35.6 Å². The van der Waals surface area contributed by atoms with E-state index in [9.17, 15) is 9.18 Å². The molecule has 150 valence electrons. The van der Waals surface area contributed by atoms with Gasteiger partial charge in [-0.1, -0.05) is 30.3 Å². The van der Waals surface area contributed by atoms with Crippen molar-refractivity contribution in [1.82, 2.24) is 15.1 Å². The van der Waals surface area contributed by atoms with Gasteiger partial charge in [0.15, 0.2) is 0 Å². The van der Waals surface area contributed by atoms with Crippen molar-refractivity contribution in [2.75, 3.05) is 45.9 Å². The fourth-order valence-corrected chi connectivity index (χ4v) is 4.46. The van der Waals surface area contributed by atoms with Gasteiger partial charge in [-0.15, -0.1) is 0 Å². The normalized spacial score (nSPS) is 22.6. The van der Waals surface area contributed by atoms with Crippen molar-refractivity contribution in [2.45, 2.75) is 44.6 Å². The highest BCUT2D eigenvalue weighted by Gasteiger charge is 2.31. The molecule has 0 aliphatic carbocycles. The fourth-order valence-electron chi connectivity index (χ4n) is 4.46. The maximum atomic E-state index is 12.6. The van der Waals surface area contributed by atoms with Crippen molar-refractivity contribution < 1.29 is 9.18 Å². The monoisotopic (exact) mass is 375 g/mol. The van der Waals surface area contributed by atoms with Crippen LogP contribution in [0.5, 0.6) is 0 Å². The van der Waals surface area contributed by atoms with Crippen LogP contribution < -0.4 is 5.32 Å². The van der Waals surface area contributed by atoms with Gasteiger partial charge in [0.1, 0.15) is 0 Å². The van der Waals surface area contributed by atoms with E-state index in [1.807, 2.05) is 18.2 Å². The summed E-state index contributed by atoms with van der Waals surface area (Å²) in [6, 6.07) is 10.9. The van der Waals surface area contributed by atoms with Crippen LogP contribution in [0, 0.1) is 5.92 Å². The predicted octanol–water partition coefficient (Wildman–Crippen LogP) is 2.88. The third-order valence-corrected chi connectivity index (χ3v) is 6.06. The van der Waals surface area contributed by atoms with Crippen LogP contribution in [0.15, 0.2) is 30.3 Å². The lowest BCUT2D eigenvalue weighted by molar-refractivity contribution is -0.127. The number of halogens is 1. The number of nitrogens with one attached hydrogen (secondary N) is 1. The summed E-state index contributed by atoms with van der Waals surface area (Å²) in [5.41, 5.74) is 1.27. The Bertz CT molecular complexity index is 560. The molecular formula is C22H34FN3O. The molecule has 2 heterocycles. The molecule has 0 bridgehead atoms. The van der Waals surface area contributed by atoms with E-state index in [0.717, 1.165) is 64.8 Å². The van der Waals surface area contributed by atoms with Crippen LogP contribution in [0.1, 0.15) is 37.7 Å². The molecule has 0 spiro atoms. The van der Waals surface area contributed by atoms with Crippen molar-refractivity contribution in [3.05, 3.63) is 35.9 Å². The minimum atomic E-state index is -0.215. The smallest absolute Gasteiger partial charge is 0.224 e. The third kappa shape index (κ3) is 6.28. The van der Waals surface area contributed by atoms with Gasteiger partial charge in [0.05, 0.1) is 12.6 Å². The van der Waals surface area contributed by atoms with Crippen LogP contribution >= 0.6 is 0 Å². The fraction of sp³-hybridized carbons (Fsp3) is 0.682. The molecule has 2 aliphatic heterocycles. The van der Waals surface area contributed by atoms with Crippen molar-refractivity contribution in [3.63, 3.8) is 0 Å². The van der Waals surface area contributed by atoms with Crippen LogP contribution in [0.3, 0.4) is 0 Å². The SMILES string of the molecule is O=C(NCCc1ccccc1)[C@@H]1CCCN(C2CCN(CCCF)CC2)C1. The number of hydrogen-bond acceptors (Lipinski definition) is 3. The molecule has 27 heavy (non-hydrogen) atoms. The van der Waals surface area contributed by atoms with Gasteiger partial charge in [0.25, 0.3) is 0 Å². The average molecular weight is 376 g/mol. The molecule has 2 fully saturated rings. The van der Waals surface area contributed by atoms with Gasteiger partial charge in [0, 0.05) is 25.7 Å². The number of likely N-dealkylation sites (tertiary alicyclic amines) is 2.